The van der Waals surface area contributed by atoms with Crippen LogP contribution in [0, 0.1) is 16.0 Å². The lowest BCUT2D eigenvalue weighted by Crippen LogP contribution is -2.41. The highest BCUT2D eigenvalue weighted by atomic mass is 16.6. The molecule has 1 fully saturated rings. The number of anilines is 1. The summed E-state index contributed by atoms with van der Waals surface area (Å²) < 4.78 is 0. The van der Waals surface area contributed by atoms with Crippen molar-refractivity contribution in [3.8, 4) is 0 Å². The molecule has 0 atom stereocenters. The van der Waals surface area contributed by atoms with E-state index in [1.54, 1.807) is 49.3 Å². The number of hydrogen-bond acceptors (Lipinski definition) is 5. The molecule has 1 N–H and O–H groups in total. The molecule has 0 bridgehead atoms. The molecule has 8 heteroatoms. The number of para-hydroxylation sites is 2. The zero-order valence-corrected chi connectivity index (χ0v) is 17.2. The minimum absolute atomic E-state index is 0.0765. The Labute approximate surface area is 175 Å². The summed E-state index contributed by atoms with van der Waals surface area (Å²) in [4.78, 5) is 39.1. The highest BCUT2D eigenvalue weighted by molar-refractivity contribution is 5.93. The van der Waals surface area contributed by atoms with Crippen LogP contribution in [0.25, 0.3) is 0 Å². The molecule has 0 saturated carbocycles. The Morgan fingerprint density at radius 3 is 2.37 bits per heavy atom. The Kier molecular flexibility index (Phi) is 6.66. The van der Waals surface area contributed by atoms with Gasteiger partial charge in [0, 0.05) is 51.3 Å². The molecule has 1 aliphatic heterocycles. The van der Waals surface area contributed by atoms with Crippen molar-refractivity contribution in [3.63, 3.8) is 0 Å². The van der Waals surface area contributed by atoms with E-state index >= 15 is 0 Å². The van der Waals surface area contributed by atoms with Gasteiger partial charge in [0.25, 0.3) is 11.6 Å². The number of amides is 2. The average molecular weight is 410 g/mol. The van der Waals surface area contributed by atoms with Gasteiger partial charge in [-0.1, -0.05) is 24.3 Å². The SMILES string of the molecule is CNC(=O)c1ccc(CN(C)C(=O)C2CCN(c3ccccc3[N+](=O)[O-])CC2)cc1. The van der Waals surface area contributed by atoms with Crippen LogP contribution in [0.4, 0.5) is 11.4 Å². The van der Waals surface area contributed by atoms with Crippen LogP contribution >= 0.6 is 0 Å². The number of carbonyl (C=O) groups excluding carboxylic acids is 2. The van der Waals surface area contributed by atoms with E-state index in [1.165, 1.54) is 6.07 Å². The summed E-state index contributed by atoms with van der Waals surface area (Å²) in [5.74, 6) is -0.164. The Hall–Kier alpha value is -3.42. The fraction of sp³-hybridized carbons (Fsp3) is 0.364. The molecule has 2 amide bonds. The van der Waals surface area contributed by atoms with Crippen LogP contribution in [0.5, 0.6) is 0 Å². The third kappa shape index (κ3) is 4.76. The molecular formula is C22H26N4O4. The third-order valence-electron chi connectivity index (χ3n) is 5.50. The number of nitro groups is 1. The number of rotatable bonds is 6. The van der Waals surface area contributed by atoms with Gasteiger partial charge < -0.3 is 15.1 Å². The van der Waals surface area contributed by atoms with E-state index in [-0.39, 0.29) is 28.3 Å². The summed E-state index contributed by atoms with van der Waals surface area (Å²) in [6.45, 7) is 1.68. The number of benzene rings is 2. The van der Waals surface area contributed by atoms with Gasteiger partial charge in [0.2, 0.25) is 5.91 Å². The van der Waals surface area contributed by atoms with Crippen molar-refractivity contribution in [2.75, 3.05) is 32.1 Å². The topological polar surface area (TPSA) is 95.8 Å². The second-order valence-corrected chi connectivity index (χ2v) is 7.48. The fourth-order valence-corrected chi connectivity index (χ4v) is 3.82. The van der Waals surface area contributed by atoms with Crippen molar-refractivity contribution in [2.45, 2.75) is 19.4 Å². The monoisotopic (exact) mass is 410 g/mol. The molecule has 0 spiro atoms. The Bertz CT molecular complexity index is 921. The minimum Gasteiger partial charge on any atom is -0.366 e. The maximum atomic E-state index is 12.9. The van der Waals surface area contributed by atoms with E-state index in [0.29, 0.717) is 43.7 Å². The van der Waals surface area contributed by atoms with Crippen molar-refractivity contribution in [1.82, 2.24) is 10.2 Å². The zero-order chi connectivity index (χ0) is 21.7. The molecule has 2 aromatic rings. The first-order chi connectivity index (χ1) is 14.4. The molecule has 158 valence electrons. The standard InChI is InChI=1S/C22H26N4O4/c1-23-21(27)17-9-7-16(8-10-17)15-24(2)22(28)18-11-13-25(14-12-18)19-5-3-4-6-20(19)26(29)30/h3-10,18H,11-15H2,1-2H3,(H,23,27). The number of nitrogens with one attached hydrogen (secondary N) is 1. The van der Waals surface area contributed by atoms with Gasteiger partial charge in [-0.05, 0) is 36.6 Å². The highest BCUT2D eigenvalue weighted by Crippen LogP contribution is 2.31. The number of piperidine rings is 1. The smallest absolute Gasteiger partial charge is 0.292 e. The summed E-state index contributed by atoms with van der Waals surface area (Å²) in [7, 11) is 3.37. The molecular weight excluding hydrogens is 384 g/mol. The molecule has 3 rings (SSSR count). The number of nitrogens with zero attached hydrogens (tertiary/aromatic N) is 3. The van der Waals surface area contributed by atoms with E-state index in [0.717, 1.165) is 5.56 Å². The Balaban J connectivity index is 1.57. The van der Waals surface area contributed by atoms with Crippen molar-refractivity contribution >= 4 is 23.2 Å². The van der Waals surface area contributed by atoms with Crippen molar-refractivity contribution in [1.29, 1.82) is 0 Å². The number of hydrogen-bond donors (Lipinski definition) is 1. The Morgan fingerprint density at radius 1 is 1.13 bits per heavy atom. The lowest BCUT2D eigenvalue weighted by molar-refractivity contribution is -0.384. The largest absolute Gasteiger partial charge is 0.366 e. The minimum atomic E-state index is -0.365. The third-order valence-corrected chi connectivity index (χ3v) is 5.50. The molecule has 1 aliphatic rings. The van der Waals surface area contributed by atoms with Crippen molar-refractivity contribution < 1.29 is 14.5 Å². The number of nitro benzene ring substituents is 1. The average Bonchev–Trinajstić information content (AvgIpc) is 2.78. The first-order valence-corrected chi connectivity index (χ1v) is 9.95. The molecule has 1 saturated heterocycles. The summed E-state index contributed by atoms with van der Waals surface area (Å²) in [5, 5.41) is 13.9. The van der Waals surface area contributed by atoms with E-state index in [1.807, 2.05) is 17.0 Å². The summed E-state index contributed by atoms with van der Waals surface area (Å²) in [6.07, 6.45) is 1.32. The lowest BCUT2D eigenvalue weighted by Gasteiger charge is -2.34. The summed E-state index contributed by atoms with van der Waals surface area (Å²) in [5.41, 5.74) is 2.24. The van der Waals surface area contributed by atoms with E-state index in [9.17, 15) is 19.7 Å². The van der Waals surface area contributed by atoms with Crippen LogP contribution in [0.2, 0.25) is 0 Å². The molecule has 0 unspecified atom stereocenters. The molecule has 0 aromatic heterocycles. The van der Waals surface area contributed by atoms with Crippen LogP contribution in [0.15, 0.2) is 48.5 Å². The zero-order valence-electron chi connectivity index (χ0n) is 17.2. The predicted octanol–water partition coefficient (Wildman–Crippen LogP) is 2.83. The van der Waals surface area contributed by atoms with Crippen LogP contribution in [-0.2, 0) is 11.3 Å². The highest BCUT2D eigenvalue weighted by Gasteiger charge is 2.29. The van der Waals surface area contributed by atoms with Gasteiger partial charge in [-0.3, -0.25) is 19.7 Å². The molecule has 8 nitrogen and oxygen atoms in total. The van der Waals surface area contributed by atoms with Crippen LogP contribution in [-0.4, -0.2) is 48.8 Å². The van der Waals surface area contributed by atoms with Crippen LogP contribution in [0.1, 0.15) is 28.8 Å². The van der Waals surface area contributed by atoms with Crippen LogP contribution in [0.3, 0.4) is 0 Å². The second kappa shape index (κ2) is 9.39. The van der Waals surface area contributed by atoms with Gasteiger partial charge in [-0.15, -0.1) is 0 Å². The summed E-state index contributed by atoms with van der Waals surface area (Å²) >= 11 is 0. The van der Waals surface area contributed by atoms with E-state index in [2.05, 4.69) is 5.32 Å². The van der Waals surface area contributed by atoms with E-state index < -0.39 is 0 Å². The predicted molar refractivity (Wildman–Crippen MR) is 114 cm³/mol. The normalized spacial score (nSPS) is 14.3. The number of carbonyl (C=O) groups is 2. The maximum absolute atomic E-state index is 12.9. The molecule has 30 heavy (non-hydrogen) atoms. The quantitative estimate of drug-likeness (QED) is 0.584. The molecule has 0 radical (unpaired) electrons. The van der Waals surface area contributed by atoms with Gasteiger partial charge in [0.15, 0.2) is 0 Å². The fourth-order valence-electron chi connectivity index (χ4n) is 3.82. The molecule has 1 heterocycles. The van der Waals surface area contributed by atoms with Gasteiger partial charge in [-0.2, -0.15) is 0 Å². The van der Waals surface area contributed by atoms with E-state index in [4.69, 9.17) is 0 Å². The van der Waals surface area contributed by atoms with Gasteiger partial charge in [-0.25, -0.2) is 0 Å². The van der Waals surface area contributed by atoms with Crippen LogP contribution < -0.4 is 10.2 Å². The first-order valence-electron chi connectivity index (χ1n) is 9.95. The lowest BCUT2D eigenvalue weighted by atomic mass is 9.94. The van der Waals surface area contributed by atoms with Gasteiger partial charge in [0.1, 0.15) is 5.69 Å². The van der Waals surface area contributed by atoms with Gasteiger partial charge >= 0.3 is 0 Å². The van der Waals surface area contributed by atoms with Gasteiger partial charge in [0.05, 0.1) is 4.92 Å². The summed E-state index contributed by atoms with van der Waals surface area (Å²) in [6, 6.07) is 13.9. The first kappa shape index (κ1) is 21.3. The van der Waals surface area contributed by atoms with Crippen molar-refractivity contribution in [3.05, 3.63) is 69.8 Å². The maximum Gasteiger partial charge on any atom is 0.292 e. The Morgan fingerprint density at radius 2 is 1.77 bits per heavy atom. The molecule has 0 aliphatic carbocycles. The van der Waals surface area contributed by atoms with Crippen molar-refractivity contribution in [2.24, 2.45) is 5.92 Å². The molecule has 2 aromatic carbocycles. The second-order valence-electron chi connectivity index (χ2n) is 7.48.